The molecule has 20 heavy (non-hydrogen) atoms. The number of rotatable bonds is 5. The van der Waals surface area contributed by atoms with Gasteiger partial charge in [0.05, 0.1) is 0 Å². The molecule has 0 spiro atoms. The van der Waals surface area contributed by atoms with Crippen molar-refractivity contribution in [3.8, 4) is 0 Å². The Morgan fingerprint density at radius 2 is 1.65 bits per heavy atom. The van der Waals surface area contributed by atoms with Gasteiger partial charge < -0.3 is 0 Å². The molecule has 3 N–H and O–H groups in total. The summed E-state index contributed by atoms with van der Waals surface area (Å²) in [4.78, 5) is 0. The van der Waals surface area contributed by atoms with Gasteiger partial charge in [-0.05, 0) is 29.7 Å². The van der Waals surface area contributed by atoms with E-state index in [9.17, 15) is 0 Å². The van der Waals surface area contributed by atoms with Crippen LogP contribution in [0.15, 0.2) is 54.6 Å². The van der Waals surface area contributed by atoms with Crippen LogP contribution in [0.2, 0.25) is 5.02 Å². The lowest BCUT2D eigenvalue weighted by Gasteiger charge is -2.34. The minimum absolute atomic E-state index is 0.0599. The topological polar surface area (TPSA) is 38.0 Å². The average molecular weight is 289 g/mol. The molecular weight excluding hydrogens is 268 g/mol. The molecular formula is C17H21ClN2. The van der Waals surface area contributed by atoms with Gasteiger partial charge in [-0.15, -0.1) is 0 Å². The molecule has 0 aliphatic carbocycles. The lowest BCUT2D eigenvalue weighted by Crippen LogP contribution is -2.49. The highest BCUT2D eigenvalue weighted by Gasteiger charge is 2.30. The predicted molar refractivity (Wildman–Crippen MR) is 85.7 cm³/mol. The molecule has 2 aromatic rings. The molecule has 1 unspecified atom stereocenters. The van der Waals surface area contributed by atoms with Crippen molar-refractivity contribution in [1.29, 1.82) is 0 Å². The lowest BCUT2D eigenvalue weighted by molar-refractivity contribution is 0.341. The summed E-state index contributed by atoms with van der Waals surface area (Å²) in [6.07, 6.45) is 0.857. The van der Waals surface area contributed by atoms with Gasteiger partial charge in [0.1, 0.15) is 0 Å². The summed E-state index contributed by atoms with van der Waals surface area (Å²) in [5.74, 6) is 5.80. The van der Waals surface area contributed by atoms with Crippen LogP contribution >= 0.6 is 11.6 Å². The zero-order chi connectivity index (χ0) is 14.6. The molecule has 0 radical (unpaired) electrons. The number of benzene rings is 2. The fourth-order valence-corrected chi connectivity index (χ4v) is 2.57. The standard InChI is InChI=1S/C17H21ClN2/c1-17(2,14-6-4-3-5-7-14)16(20-19)12-13-8-10-15(18)11-9-13/h3-11,16,20H,12,19H2,1-2H3. The summed E-state index contributed by atoms with van der Waals surface area (Å²) < 4.78 is 0. The molecule has 0 aliphatic rings. The van der Waals surface area contributed by atoms with Crippen LogP contribution in [0.4, 0.5) is 0 Å². The van der Waals surface area contributed by atoms with Crippen molar-refractivity contribution >= 4 is 11.6 Å². The smallest absolute Gasteiger partial charge is 0.0406 e. The highest BCUT2D eigenvalue weighted by Crippen LogP contribution is 2.28. The number of hydrogen-bond acceptors (Lipinski definition) is 2. The van der Waals surface area contributed by atoms with Crippen LogP contribution in [0.25, 0.3) is 0 Å². The Bertz CT molecular complexity index is 535. The van der Waals surface area contributed by atoms with Crippen molar-refractivity contribution in [2.45, 2.75) is 31.7 Å². The largest absolute Gasteiger partial charge is 0.271 e. The first kappa shape index (κ1) is 15.0. The molecule has 0 saturated heterocycles. The van der Waals surface area contributed by atoms with E-state index in [0.717, 1.165) is 11.4 Å². The van der Waals surface area contributed by atoms with Gasteiger partial charge in [-0.3, -0.25) is 11.3 Å². The van der Waals surface area contributed by atoms with E-state index in [2.05, 4.69) is 43.5 Å². The van der Waals surface area contributed by atoms with Crippen molar-refractivity contribution in [3.63, 3.8) is 0 Å². The van der Waals surface area contributed by atoms with E-state index < -0.39 is 0 Å². The van der Waals surface area contributed by atoms with E-state index in [4.69, 9.17) is 17.4 Å². The molecule has 0 saturated carbocycles. The quantitative estimate of drug-likeness (QED) is 0.650. The second-order valence-corrected chi connectivity index (χ2v) is 6.07. The first-order valence-corrected chi connectivity index (χ1v) is 7.18. The number of nitrogens with one attached hydrogen (secondary N) is 1. The predicted octanol–water partition coefficient (Wildman–Crippen LogP) is 3.69. The van der Waals surface area contributed by atoms with Crippen LogP contribution in [0.5, 0.6) is 0 Å². The Morgan fingerprint density at radius 1 is 1.05 bits per heavy atom. The summed E-state index contributed by atoms with van der Waals surface area (Å²) >= 11 is 5.93. The van der Waals surface area contributed by atoms with E-state index >= 15 is 0 Å². The number of hydrogen-bond donors (Lipinski definition) is 2. The van der Waals surface area contributed by atoms with Gasteiger partial charge in [0, 0.05) is 16.5 Å². The van der Waals surface area contributed by atoms with Crippen LogP contribution in [0, 0.1) is 0 Å². The zero-order valence-corrected chi connectivity index (χ0v) is 12.7. The molecule has 2 aromatic carbocycles. The molecule has 0 heterocycles. The summed E-state index contributed by atoms with van der Waals surface area (Å²) in [5.41, 5.74) is 5.41. The normalized spacial score (nSPS) is 13.2. The van der Waals surface area contributed by atoms with Gasteiger partial charge in [-0.25, -0.2) is 0 Å². The Kier molecular flexibility index (Phi) is 4.81. The minimum atomic E-state index is -0.0599. The molecule has 106 valence electrons. The molecule has 1 atom stereocenters. The Balaban J connectivity index is 2.21. The minimum Gasteiger partial charge on any atom is -0.271 e. The third kappa shape index (κ3) is 3.40. The van der Waals surface area contributed by atoms with Gasteiger partial charge in [0.2, 0.25) is 0 Å². The third-order valence-electron chi connectivity index (χ3n) is 3.94. The zero-order valence-electron chi connectivity index (χ0n) is 11.9. The third-order valence-corrected chi connectivity index (χ3v) is 4.20. The van der Waals surface area contributed by atoms with Crippen molar-refractivity contribution in [2.24, 2.45) is 5.84 Å². The highest BCUT2D eigenvalue weighted by molar-refractivity contribution is 6.30. The number of halogens is 1. The van der Waals surface area contributed by atoms with Gasteiger partial charge in [-0.1, -0.05) is 67.9 Å². The van der Waals surface area contributed by atoms with Crippen molar-refractivity contribution < 1.29 is 0 Å². The summed E-state index contributed by atoms with van der Waals surface area (Å²) in [6.45, 7) is 4.42. The first-order valence-electron chi connectivity index (χ1n) is 6.80. The van der Waals surface area contributed by atoms with Crippen LogP contribution in [0.3, 0.4) is 0 Å². The van der Waals surface area contributed by atoms with Crippen LogP contribution in [0.1, 0.15) is 25.0 Å². The second kappa shape index (κ2) is 6.40. The van der Waals surface area contributed by atoms with Crippen molar-refractivity contribution in [3.05, 3.63) is 70.7 Å². The molecule has 2 nitrogen and oxygen atoms in total. The van der Waals surface area contributed by atoms with Crippen LogP contribution < -0.4 is 11.3 Å². The highest BCUT2D eigenvalue weighted by atomic mass is 35.5. The van der Waals surface area contributed by atoms with Crippen molar-refractivity contribution in [2.75, 3.05) is 0 Å². The Labute approximate surface area is 125 Å². The fourth-order valence-electron chi connectivity index (χ4n) is 2.45. The molecule has 0 amide bonds. The van der Waals surface area contributed by atoms with E-state index in [1.165, 1.54) is 11.1 Å². The average Bonchev–Trinajstić information content (AvgIpc) is 2.47. The van der Waals surface area contributed by atoms with E-state index in [0.29, 0.717) is 0 Å². The summed E-state index contributed by atoms with van der Waals surface area (Å²) in [5, 5.41) is 0.758. The maximum absolute atomic E-state index is 5.93. The first-order chi connectivity index (χ1) is 9.54. The van der Waals surface area contributed by atoms with Gasteiger partial charge in [0.15, 0.2) is 0 Å². The van der Waals surface area contributed by atoms with Crippen LogP contribution in [-0.4, -0.2) is 6.04 Å². The number of nitrogens with two attached hydrogens (primary N) is 1. The van der Waals surface area contributed by atoms with Crippen molar-refractivity contribution in [1.82, 2.24) is 5.43 Å². The Morgan fingerprint density at radius 3 is 2.20 bits per heavy atom. The van der Waals surface area contributed by atoms with Crippen LogP contribution in [-0.2, 0) is 11.8 Å². The molecule has 0 aliphatic heterocycles. The molecule has 0 fully saturated rings. The molecule has 0 aromatic heterocycles. The van der Waals surface area contributed by atoms with E-state index in [1.807, 2.05) is 30.3 Å². The molecule has 3 heteroatoms. The maximum atomic E-state index is 5.93. The van der Waals surface area contributed by atoms with Gasteiger partial charge >= 0.3 is 0 Å². The number of hydrazine groups is 1. The van der Waals surface area contributed by atoms with Gasteiger partial charge in [0.25, 0.3) is 0 Å². The Hall–Kier alpha value is -1.35. The summed E-state index contributed by atoms with van der Waals surface area (Å²) in [7, 11) is 0. The van der Waals surface area contributed by atoms with E-state index in [1.54, 1.807) is 0 Å². The maximum Gasteiger partial charge on any atom is 0.0406 e. The van der Waals surface area contributed by atoms with Gasteiger partial charge in [-0.2, -0.15) is 0 Å². The monoisotopic (exact) mass is 288 g/mol. The van der Waals surface area contributed by atoms with E-state index in [-0.39, 0.29) is 11.5 Å². The SMILES string of the molecule is CC(C)(c1ccccc1)C(Cc1ccc(Cl)cc1)NN. The second-order valence-electron chi connectivity index (χ2n) is 5.64. The molecule has 0 bridgehead atoms. The lowest BCUT2D eigenvalue weighted by atomic mass is 9.76. The fraction of sp³-hybridized carbons (Fsp3) is 0.294. The molecule has 2 rings (SSSR count). The summed E-state index contributed by atoms with van der Waals surface area (Å²) in [6, 6.07) is 18.5.